The van der Waals surface area contributed by atoms with Crippen molar-refractivity contribution >= 4 is 10.2 Å². The highest BCUT2D eigenvalue weighted by Crippen LogP contribution is 2.21. The van der Waals surface area contributed by atoms with Crippen molar-refractivity contribution in [2.75, 3.05) is 26.2 Å². The lowest BCUT2D eigenvalue weighted by atomic mass is 10.1. The first-order valence-corrected chi connectivity index (χ1v) is 7.34. The predicted octanol–water partition coefficient (Wildman–Crippen LogP) is 1.10. The third-order valence-electron chi connectivity index (χ3n) is 3.29. The molecule has 0 radical (unpaired) electrons. The van der Waals surface area contributed by atoms with E-state index in [1.807, 2.05) is 0 Å². The highest BCUT2D eigenvalue weighted by atomic mass is 32.2. The van der Waals surface area contributed by atoms with Crippen molar-refractivity contribution in [3.63, 3.8) is 0 Å². The molecule has 96 valence electrons. The van der Waals surface area contributed by atoms with Crippen LogP contribution in [0.4, 0.5) is 0 Å². The van der Waals surface area contributed by atoms with Gasteiger partial charge in [-0.1, -0.05) is 5.11 Å². The molecule has 1 atom stereocenters. The lowest BCUT2D eigenvalue weighted by Gasteiger charge is -2.32. The Morgan fingerprint density at radius 3 is 2.41 bits per heavy atom. The van der Waals surface area contributed by atoms with E-state index in [0.29, 0.717) is 26.2 Å². The molecule has 8 heteroatoms. The van der Waals surface area contributed by atoms with E-state index in [1.54, 1.807) is 0 Å². The summed E-state index contributed by atoms with van der Waals surface area (Å²) in [4.78, 5) is 2.76. The van der Waals surface area contributed by atoms with E-state index in [0.717, 1.165) is 25.7 Å². The molecule has 2 aliphatic heterocycles. The Labute approximate surface area is 101 Å². The van der Waals surface area contributed by atoms with Crippen LogP contribution in [0.5, 0.6) is 0 Å². The van der Waals surface area contributed by atoms with Gasteiger partial charge in [-0.05, 0) is 31.2 Å². The van der Waals surface area contributed by atoms with Crippen LogP contribution in [0.3, 0.4) is 0 Å². The van der Waals surface area contributed by atoms with Crippen LogP contribution in [-0.4, -0.2) is 49.2 Å². The van der Waals surface area contributed by atoms with Gasteiger partial charge in [0.2, 0.25) is 0 Å². The van der Waals surface area contributed by atoms with E-state index < -0.39 is 10.2 Å². The molecule has 0 N–H and O–H groups in total. The van der Waals surface area contributed by atoms with Crippen molar-refractivity contribution in [3.05, 3.63) is 10.4 Å². The standard InChI is InChI=1S/C9H17N5O2S/c10-12-11-9-4-3-7-14(8-9)17(15,16)13-5-1-2-6-13/h9H,1-8H2. The molecule has 0 aromatic carbocycles. The first-order chi connectivity index (χ1) is 8.14. The second kappa shape index (κ2) is 5.22. The van der Waals surface area contributed by atoms with Crippen LogP contribution in [0.15, 0.2) is 5.11 Å². The first-order valence-electron chi connectivity index (χ1n) is 5.94. The van der Waals surface area contributed by atoms with E-state index in [4.69, 9.17) is 5.53 Å². The van der Waals surface area contributed by atoms with Gasteiger partial charge in [0.15, 0.2) is 0 Å². The molecule has 0 aromatic heterocycles. The zero-order chi connectivity index (χ0) is 12.3. The molecule has 0 aliphatic carbocycles. The minimum Gasteiger partial charge on any atom is -0.195 e. The van der Waals surface area contributed by atoms with Gasteiger partial charge in [0.1, 0.15) is 0 Å². The molecule has 0 aromatic rings. The van der Waals surface area contributed by atoms with Crippen LogP contribution in [0, 0.1) is 0 Å². The molecule has 0 saturated carbocycles. The Kier molecular flexibility index (Phi) is 3.88. The quantitative estimate of drug-likeness (QED) is 0.431. The summed E-state index contributed by atoms with van der Waals surface area (Å²) >= 11 is 0. The van der Waals surface area contributed by atoms with Crippen LogP contribution < -0.4 is 0 Å². The molecule has 0 amide bonds. The third-order valence-corrected chi connectivity index (χ3v) is 5.29. The molecule has 2 heterocycles. The van der Waals surface area contributed by atoms with Crippen molar-refractivity contribution < 1.29 is 8.42 Å². The molecular formula is C9H17N5O2S. The van der Waals surface area contributed by atoms with Crippen molar-refractivity contribution in [1.82, 2.24) is 8.61 Å². The zero-order valence-corrected chi connectivity index (χ0v) is 10.5. The van der Waals surface area contributed by atoms with E-state index in [9.17, 15) is 8.42 Å². The number of azide groups is 1. The lowest BCUT2D eigenvalue weighted by molar-refractivity contribution is 0.293. The van der Waals surface area contributed by atoms with E-state index in [-0.39, 0.29) is 6.04 Å². The van der Waals surface area contributed by atoms with Crippen molar-refractivity contribution in [2.24, 2.45) is 5.11 Å². The maximum Gasteiger partial charge on any atom is 0.281 e. The third kappa shape index (κ3) is 2.71. The van der Waals surface area contributed by atoms with Crippen molar-refractivity contribution in [2.45, 2.75) is 31.7 Å². The fourth-order valence-corrected chi connectivity index (χ4v) is 4.15. The minimum absolute atomic E-state index is 0.217. The van der Waals surface area contributed by atoms with Gasteiger partial charge in [-0.15, -0.1) is 0 Å². The average molecular weight is 259 g/mol. The molecule has 17 heavy (non-hydrogen) atoms. The van der Waals surface area contributed by atoms with Crippen LogP contribution >= 0.6 is 0 Å². The molecule has 2 fully saturated rings. The Morgan fingerprint density at radius 2 is 1.76 bits per heavy atom. The molecular weight excluding hydrogens is 242 g/mol. The van der Waals surface area contributed by atoms with E-state index in [1.165, 1.54) is 8.61 Å². The van der Waals surface area contributed by atoms with Crippen molar-refractivity contribution in [1.29, 1.82) is 0 Å². The van der Waals surface area contributed by atoms with Crippen LogP contribution in [-0.2, 0) is 10.2 Å². The Bertz CT molecular complexity index is 411. The van der Waals surface area contributed by atoms with Gasteiger partial charge >= 0.3 is 0 Å². The van der Waals surface area contributed by atoms with Gasteiger partial charge in [0, 0.05) is 31.1 Å². The summed E-state index contributed by atoms with van der Waals surface area (Å²) in [6, 6.07) is -0.217. The molecule has 2 rings (SSSR count). The predicted molar refractivity (Wildman–Crippen MR) is 63.5 cm³/mol. The molecule has 0 bridgehead atoms. The number of rotatable bonds is 3. The van der Waals surface area contributed by atoms with Gasteiger partial charge < -0.3 is 0 Å². The van der Waals surface area contributed by atoms with Crippen LogP contribution in [0.1, 0.15) is 25.7 Å². The molecule has 2 aliphatic rings. The van der Waals surface area contributed by atoms with Crippen molar-refractivity contribution in [3.8, 4) is 0 Å². The highest BCUT2D eigenvalue weighted by Gasteiger charge is 2.34. The van der Waals surface area contributed by atoms with Gasteiger partial charge in [-0.25, -0.2) is 0 Å². The van der Waals surface area contributed by atoms with E-state index in [2.05, 4.69) is 10.0 Å². The Hall–Kier alpha value is -0.820. The minimum atomic E-state index is -3.33. The maximum atomic E-state index is 12.3. The summed E-state index contributed by atoms with van der Waals surface area (Å²) in [7, 11) is -3.33. The van der Waals surface area contributed by atoms with E-state index >= 15 is 0 Å². The zero-order valence-electron chi connectivity index (χ0n) is 9.70. The monoisotopic (exact) mass is 259 g/mol. The van der Waals surface area contributed by atoms with Crippen LogP contribution in [0.2, 0.25) is 0 Å². The number of hydrogen-bond donors (Lipinski definition) is 0. The number of hydrogen-bond acceptors (Lipinski definition) is 3. The number of piperidine rings is 1. The smallest absolute Gasteiger partial charge is 0.195 e. The fourth-order valence-electron chi connectivity index (χ4n) is 2.38. The number of nitrogens with zero attached hydrogens (tertiary/aromatic N) is 5. The molecule has 7 nitrogen and oxygen atoms in total. The van der Waals surface area contributed by atoms with Gasteiger partial charge in [0.05, 0.1) is 6.04 Å². The first kappa shape index (κ1) is 12.6. The summed E-state index contributed by atoms with van der Waals surface area (Å²) in [6.07, 6.45) is 3.41. The normalized spacial score (nSPS) is 27.9. The second-order valence-electron chi connectivity index (χ2n) is 4.47. The van der Waals surface area contributed by atoms with Gasteiger partial charge in [-0.2, -0.15) is 17.0 Å². The van der Waals surface area contributed by atoms with Gasteiger partial charge in [0.25, 0.3) is 10.2 Å². The summed E-state index contributed by atoms with van der Waals surface area (Å²) in [5.41, 5.74) is 8.40. The fraction of sp³-hybridized carbons (Fsp3) is 1.00. The second-order valence-corrected chi connectivity index (χ2v) is 6.40. The molecule has 1 unspecified atom stereocenters. The maximum absolute atomic E-state index is 12.3. The average Bonchev–Trinajstić information content (AvgIpc) is 2.84. The SMILES string of the molecule is [N-]=[N+]=NC1CCCN(S(=O)(=O)N2CCCC2)C1. The van der Waals surface area contributed by atoms with Gasteiger partial charge in [-0.3, -0.25) is 0 Å². The largest absolute Gasteiger partial charge is 0.281 e. The summed E-state index contributed by atoms with van der Waals surface area (Å²) in [6.45, 7) is 2.09. The molecule has 2 saturated heterocycles. The highest BCUT2D eigenvalue weighted by molar-refractivity contribution is 7.86. The summed E-state index contributed by atoms with van der Waals surface area (Å²) in [5, 5.41) is 3.63. The Morgan fingerprint density at radius 1 is 1.12 bits per heavy atom. The summed E-state index contributed by atoms with van der Waals surface area (Å²) < 4.78 is 27.5. The molecule has 0 spiro atoms. The lowest BCUT2D eigenvalue weighted by Crippen LogP contribution is -2.48. The summed E-state index contributed by atoms with van der Waals surface area (Å²) in [5.74, 6) is 0. The van der Waals surface area contributed by atoms with Crippen LogP contribution in [0.25, 0.3) is 10.4 Å². The Balaban J connectivity index is 2.07. The topological polar surface area (TPSA) is 89.4 Å².